The zero-order chi connectivity index (χ0) is 13.1. The van der Waals surface area contributed by atoms with Crippen LogP contribution in [-0.2, 0) is 16.0 Å². The zero-order valence-electron chi connectivity index (χ0n) is 9.99. The van der Waals surface area contributed by atoms with E-state index >= 15 is 0 Å². The van der Waals surface area contributed by atoms with Crippen LogP contribution in [0.5, 0.6) is 5.75 Å². The van der Waals surface area contributed by atoms with Crippen LogP contribution in [0.25, 0.3) is 0 Å². The number of benzene rings is 1. The predicted molar refractivity (Wildman–Crippen MR) is 69.8 cm³/mol. The number of anilines is 1. The number of aromatic hydroxyl groups is 1. The van der Waals surface area contributed by atoms with Gasteiger partial charge in [-0.25, -0.2) is 0 Å². The van der Waals surface area contributed by atoms with Gasteiger partial charge in [0, 0.05) is 47.9 Å². The van der Waals surface area contributed by atoms with Crippen molar-refractivity contribution in [3.8, 4) is 5.75 Å². The average Bonchev–Trinajstić information content (AvgIpc) is 2.34. The first-order chi connectivity index (χ1) is 8.58. The number of ether oxygens (including phenoxy) is 1. The van der Waals surface area contributed by atoms with E-state index in [-0.39, 0.29) is 23.9 Å². The molecule has 0 unspecified atom stereocenters. The first-order valence-electron chi connectivity index (χ1n) is 5.95. The van der Waals surface area contributed by atoms with E-state index in [4.69, 9.17) is 22.1 Å². The van der Waals surface area contributed by atoms with Gasteiger partial charge < -0.3 is 15.6 Å². The van der Waals surface area contributed by atoms with Gasteiger partial charge in [0.15, 0.2) is 0 Å². The summed E-state index contributed by atoms with van der Waals surface area (Å²) in [5.41, 5.74) is 6.74. The number of ketones is 1. The molecule has 0 atom stereocenters. The van der Waals surface area contributed by atoms with E-state index in [1.165, 1.54) is 12.1 Å². The number of nitrogen functional groups attached to an aromatic ring is 1. The second-order valence-electron chi connectivity index (χ2n) is 4.53. The van der Waals surface area contributed by atoms with E-state index < -0.39 is 0 Å². The van der Waals surface area contributed by atoms with E-state index in [9.17, 15) is 9.90 Å². The molecular weight excluding hydrogens is 254 g/mol. The monoisotopic (exact) mass is 269 g/mol. The number of halogens is 1. The quantitative estimate of drug-likeness (QED) is 0.825. The van der Waals surface area contributed by atoms with Gasteiger partial charge in [-0.2, -0.15) is 0 Å². The zero-order valence-corrected chi connectivity index (χ0v) is 10.7. The maximum atomic E-state index is 12.1. The molecule has 4 nitrogen and oxygen atoms in total. The van der Waals surface area contributed by atoms with Crippen LogP contribution in [-0.4, -0.2) is 24.1 Å². The summed E-state index contributed by atoms with van der Waals surface area (Å²) in [5.74, 6) is 0.181. The highest BCUT2D eigenvalue weighted by atomic mass is 35.5. The molecule has 0 amide bonds. The molecule has 0 aliphatic carbocycles. The summed E-state index contributed by atoms with van der Waals surface area (Å²) in [6, 6.07) is 2.82. The normalized spacial score (nSPS) is 16.7. The van der Waals surface area contributed by atoms with Gasteiger partial charge in [-0.3, -0.25) is 4.79 Å². The third-order valence-corrected chi connectivity index (χ3v) is 3.58. The van der Waals surface area contributed by atoms with E-state index in [2.05, 4.69) is 0 Å². The minimum Gasteiger partial charge on any atom is -0.508 e. The molecule has 0 aromatic heterocycles. The molecule has 0 spiro atoms. The highest BCUT2D eigenvalue weighted by Gasteiger charge is 2.23. The van der Waals surface area contributed by atoms with Crippen molar-refractivity contribution >= 4 is 23.1 Å². The lowest BCUT2D eigenvalue weighted by molar-refractivity contribution is -0.125. The third-order valence-electron chi connectivity index (χ3n) is 3.24. The molecule has 2 rings (SSSR count). The Labute approximate surface area is 111 Å². The molecule has 1 heterocycles. The first-order valence-corrected chi connectivity index (χ1v) is 6.33. The molecule has 1 fully saturated rings. The molecule has 98 valence electrons. The lowest BCUT2D eigenvalue weighted by Crippen LogP contribution is -2.25. The number of nitrogens with two attached hydrogens (primary N) is 1. The average molecular weight is 270 g/mol. The Morgan fingerprint density at radius 1 is 1.44 bits per heavy atom. The van der Waals surface area contributed by atoms with Crippen LogP contribution in [0, 0.1) is 5.92 Å². The van der Waals surface area contributed by atoms with Gasteiger partial charge in [0.25, 0.3) is 0 Å². The van der Waals surface area contributed by atoms with Crippen LogP contribution in [0.1, 0.15) is 18.4 Å². The molecule has 1 aliphatic heterocycles. The van der Waals surface area contributed by atoms with Crippen molar-refractivity contribution < 1.29 is 14.6 Å². The van der Waals surface area contributed by atoms with Gasteiger partial charge in [-0.05, 0) is 18.9 Å². The third kappa shape index (κ3) is 2.94. The Morgan fingerprint density at radius 2 is 2.11 bits per heavy atom. The van der Waals surface area contributed by atoms with Gasteiger partial charge in [0.05, 0.1) is 0 Å². The number of carbonyl (C=O) groups excluding carboxylic acids is 1. The Morgan fingerprint density at radius 3 is 2.72 bits per heavy atom. The summed E-state index contributed by atoms with van der Waals surface area (Å²) in [6.07, 6.45) is 1.73. The molecule has 0 saturated carbocycles. The van der Waals surface area contributed by atoms with E-state index in [0.29, 0.717) is 29.5 Å². The second-order valence-corrected chi connectivity index (χ2v) is 4.93. The topological polar surface area (TPSA) is 72.5 Å². The fraction of sp³-hybridized carbons (Fsp3) is 0.462. The first kappa shape index (κ1) is 13.2. The minimum atomic E-state index is 0.0137. The van der Waals surface area contributed by atoms with Crippen LogP contribution in [0.4, 0.5) is 5.69 Å². The molecule has 5 heteroatoms. The molecule has 18 heavy (non-hydrogen) atoms. The summed E-state index contributed by atoms with van der Waals surface area (Å²) in [7, 11) is 0. The summed E-state index contributed by atoms with van der Waals surface area (Å²) < 4.78 is 5.23. The van der Waals surface area contributed by atoms with Gasteiger partial charge >= 0.3 is 0 Å². The van der Waals surface area contributed by atoms with E-state index in [0.717, 1.165) is 12.8 Å². The van der Waals surface area contributed by atoms with Crippen molar-refractivity contribution in [3.05, 3.63) is 22.7 Å². The smallest absolute Gasteiger partial charge is 0.140 e. The van der Waals surface area contributed by atoms with E-state index in [1.54, 1.807) is 0 Å². The molecule has 1 aliphatic rings. The van der Waals surface area contributed by atoms with E-state index in [1.807, 2.05) is 0 Å². The number of hydrogen-bond donors (Lipinski definition) is 2. The van der Waals surface area contributed by atoms with Crippen LogP contribution < -0.4 is 5.73 Å². The molecule has 1 aromatic rings. The van der Waals surface area contributed by atoms with Crippen LogP contribution in [0.2, 0.25) is 5.02 Å². The molecular formula is C13H16ClNO3. The minimum absolute atomic E-state index is 0.0137. The van der Waals surface area contributed by atoms with Crippen LogP contribution in [0.15, 0.2) is 12.1 Å². The summed E-state index contributed by atoms with van der Waals surface area (Å²) in [6.45, 7) is 1.27. The summed E-state index contributed by atoms with van der Waals surface area (Å²) >= 11 is 6.00. The van der Waals surface area contributed by atoms with Gasteiger partial charge in [-0.1, -0.05) is 11.6 Å². The lowest BCUT2D eigenvalue weighted by atomic mass is 9.91. The molecule has 0 bridgehead atoms. The van der Waals surface area contributed by atoms with Crippen molar-refractivity contribution in [3.63, 3.8) is 0 Å². The maximum absolute atomic E-state index is 12.1. The molecule has 1 aromatic carbocycles. The standard InChI is InChI=1S/C13H16ClNO3/c14-11-5-9(16)6-12(15)10(11)7-13(17)8-1-3-18-4-2-8/h5-6,8,16H,1-4,7,15H2. The van der Waals surface area contributed by atoms with Crippen molar-refractivity contribution in [2.45, 2.75) is 19.3 Å². The number of phenolic OH excluding ortho intramolecular Hbond substituents is 1. The Hall–Kier alpha value is -1.26. The fourth-order valence-electron chi connectivity index (χ4n) is 2.17. The van der Waals surface area contributed by atoms with Gasteiger partial charge in [0.1, 0.15) is 11.5 Å². The number of Topliss-reactive ketones (excluding diaryl/α,β-unsaturated/α-hetero) is 1. The van der Waals surface area contributed by atoms with Crippen molar-refractivity contribution in [1.82, 2.24) is 0 Å². The Balaban J connectivity index is 2.11. The predicted octanol–water partition coefficient (Wildman–Crippen LogP) is 2.17. The fourth-order valence-corrected chi connectivity index (χ4v) is 2.46. The number of hydrogen-bond acceptors (Lipinski definition) is 4. The lowest BCUT2D eigenvalue weighted by Gasteiger charge is -2.21. The van der Waals surface area contributed by atoms with Crippen molar-refractivity contribution in [1.29, 1.82) is 0 Å². The number of carbonyl (C=O) groups is 1. The summed E-state index contributed by atoms with van der Waals surface area (Å²) in [4.78, 5) is 12.1. The van der Waals surface area contributed by atoms with Crippen molar-refractivity contribution in [2.75, 3.05) is 18.9 Å². The maximum Gasteiger partial charge on any atom is 0.140 e. The Kier molecular flexibility index (Phi) is 4.09. The second kappa shape index (κ2) is 5.59. The largest absolute Gasteiger partial charge is 0.508 e. The highest BCUT2D eigenvalue weighted by Crippen LogP contribution is 2.29. The summed E-state index contributed by atoms with van der Waals surface area (Å²) in [5, 5.41) is 9.68. The molecule has 1 saturated heterocycles. The Bertz CT molecular complexity index is 433. The van der Waals surface area contributed by atoms with Crippen LogP contribution in [0.3, 0.4) is 0 Å². The van der Waals surface area contributed by atoms with Crippen LogP contribution >= 0.6 is 11.6 Å². The van der Waals surface area contributed by atoms with Crippen molar-refractivity contribution in [2.24, 2.45) is 5.92 Å². The molecule has 3 N–H and O–H groups in total. The SMILES string of the molecule is Nc1cc(O)cc(Cl)c1CC(=O)C1CCOCC1. The highest BCUT2D eigenvalue weighted by molar-refractivity contribution is 6.32. The number of phenols is 1. The molecule has 0 radical (unpaired) electrons. The number of rotatable bonds is 3. The van der Waals surface area contributed by atoms with Gasteiger partial charge in [0.2, 0.25) is 0 Å². The van der Waals surface area contributed by atoms with Gasteiger partial charge in [-0.15, -0.1) is 0 Å².